The second-order valence-corrected chi connectivity index (χ2v) is 42.5. The Morgan fingerprint density at radius 1 is 0.123 bits per heavy atom. The first-order valence-corrected chi connectivity index (χ1v) is 51.7. The van der Waals surface area contributed by atoms with E-state index in [4.69, 9.17) is 0 Å². The van der Waals surface area contributed by atoms with E-state index in [0.717, 1.165) is 0 Å². The van der Waals surface area contributed by atoms with E-state index in [1.807, 2.05) is 0 Å². The summed E-state index contributed by atoms with van der Waals surface area (Å²) in [5, 5.41) is 23.0. The van der Waals surface area contributed by atoms with E-state index < -0.39 is 0 Å². The van der Waals surface area contributed by atoms with Crippen molar-refractivity contribution < 1.29 is 0 Å². The van der Waals surface area contributed by atoms with Gasteiger partial charge in [0.1, 0.15) is 0 Å². The van der Waals surface area contributed by atoms with E-state index in [1.165, 1.54) is 303 Å². The third-order valence-corrected chi connectivity index (χ3v) is 33.3. The molecule has 0 radical (unpaired) electrons. The quantitative estimate of drug-likeness (QED) is 0.120. The summed E-state index contributed by atoms with van der Waals surface area (Å²) in [6.45, 7) is 25.3. The molecule has 0 aliphatic heterocycles. The van der Waals surface area contributed by atoms with Crippen LogP contribution in [-0.2, 0) is 16.2 Å². The summed E-state index contributed by atoms with van der Waals surface area (Å²) in [6.07, 6.45) is 0. The summed E-state index contributed by atoms with van der Waals surface area (Å²) in [6, 6.07) is 175. The average molecular weight is 1860 g/mol. The highest BCUT2D eigenvalue weighted by Crippen LogP contribution is 2.58. The van der Waals surface area contributed by atoms with E-state index in [9.17, 15) is 0 Å². The lowest BCUT2D eigenvalue weighted by molar-refractivity contribution is 0.660. The maximum absolute atomic E-state index is 2.47. The van der Waals surface area contributed by atoms with Crippen molar-refractivity contribution in [2.45, 2.75) is 92.4 Å². The van der Waals surface area contributed by atoms with Crippen molar-refractivity contribution in [2.75, 3.05) is 0 Å². The van der Waals surface area contributed by atoms with E-state index >= 15 is 0 Å². The number of rotatable bonds is 10. The zero-order valence-electron chi connectivity index (χ0n) is 84.5. The summed E-state index contributed by atoms with van der Waals surface area (Å²) in [7, 11) is 0. The summed E-state index contributed by atoms with van der Waals surface area (Å²) in [4.78, 5) is 0. The van der Waals surface area contributed by atoms with Crippen LogP contribution in [0.3, 0.4) is 0 Å². The zero-order chi connectivity index (χ0) is 98.7. The van der Waals surface area contributed by atoms with E-state index in [1.54, 1.807) is 0 Å². The normalized spacial score (nSPS) is 13.2. The highest BCUT2D eigenvalue weighted by atomic mass is 14.4. The predicted molar refractivity (Wildman–Crippen MR) is 628 cm³/mol. The number of aryl methyl sites for hydroxylation is 4. The van der Waals surface area contributed by atoms with Crippen LogP contribution in [0.2, 0.25) is 0 Å². The van der Waals surface area contributed by atoms with Gasteiger partial charge in [0.15, 0.2) is 0 Å². The monoisotopic (exact) mass is 1860 g/mol. The average Bonchev–Trinajstić information content (AvgIpc) is 1.38. The molecule has 0 aromatic heterocycles. The second-order valence-electron chi connectivity index (χ2n) is 42.5. The summed E-state index contributed by atoms with van der Waals surface area (Å²) in [5.41, 5.74) is 48.4. The molecule has 25 aromatic rings. The smallest absolute Gasteiger partial charge is 0.0158 e. The maximum Gasteiger partial charge on any atom is 0.0158 e. The Labute approximate surface area is 856 Å². The van der Waals surface area contributed by atoms with Gasteiger partial charge in [-0.2, -0.15) is 0 Å². The molecule has 0 unspecified atom stereocenters. The van der Waals surface area contributed by atoms with Crippen LogP contribution in [0.25, 0.3) is 242 Å². The first-order chi connectivity index (χ1) is 71.3. The predicted octanol–water partition coefficient (Wildman–Crippen LogP) is 40.6. The van der Waals surface area contributed by atoms with Crippen molar-refractivity contribution >= 4 is 97.0 Å². The number of benzene rings is 25. The number of hydrogen-bond donors (Lipinski definition) is 0. The molecule has 0 bridgehead atoms. The van der Waals surface area contributed by atoms with Gasteiger partial charge in [-0.25, -0.2) is 0 Å². The van der Waals surface area contributed by atoms with Crippen LogP contribution in [0.4, 0.5) is 0 Å². The van der Waals surface area contributed by atoms with Gasteiger partial charge in [0, 0.05) is 16.2 Å². The highest BCUT2D eigenvalue weighted by Gasteiger charge is 2.39. The van der Waals surface area contributed by atoms with Gasteiger partial charge in [0.05, 0.1) is 0 Å². The molecule has 0 saturated carbocycles. The van der Waals surface area contributed by atoms with Crippen LogP contribution in [0.5, 0.6) is 0 Å². The fourth-order valence-corrected chi connectivity index (χ4v) is 25.5. The van der Waals surface area contributed by atoms with Crippen molar-refractivity contribution in [3.63, 3.8) is 0 Å². The Balaban J connectivity index is 0.000000111. The second kappa shape index (κ2) is 34.9. The summed E-state index contributed by atoms with van der Waals surface area (Å²) >= 11 is 0. The van der Waals surface area contributed by atoms with Gasteiger partial charge in [0.2, 0.25) is 0 Å². The van der Waals surface area contributed by atoms with Crippen LogP contribution in [0.15, 0.2) is 467 Å². The molecular formula is C146H110. The van der Waals surface area contributed by atoms with Gasteiger partial charge in [-0.3, -0.25) is 0 Å². The molecule has 0 heterocycles. The van der Waals surface area contributed by atoms with E-state index in [-0.39, 0.29) is 16.2 Å². The van der Waals surface area contributed by atoms with Crippen molar-refractivity contribution in [3.8, 4) is 145 Å². The minimum Gasteiger partial charge on any atom is -0.0622 e. The zero-order valence-corrected chi connectivity index (χ0v) is 84.5. The van der Waals surface area contributed by atoms with E-state index in [2.05, 4.69) is 543 Å². The number of hydrogen-bond acceptors (Lipinski definition) is 0. The lowest BCUT2D eigenvalue weighted by Crippen LogP contribution is -2.14. The topological polar surface area (TPSA) is 0 Å². The fraction of sp³-hybridized carbons (Fsp3) is 0.0959. The highest BCUT2D eigenvalue weighted by molar-refractivity contribution is 6.26. The lowest BCUT2D eigenvalue weighted by atomic mass is 9.81. The molecule has 3 aliphatic carbocycles. The Kier molecular flexibility index (Phi) is 21.3. The van der Waals surface area contributed by atoms with Gasteiger partial charge in [-0.15, -0.1) is 0 Å². The van der Waals surface area contributed by atoms with Gasteiger partial charge in [-0.1, -0.05) is 466 Å². The van der Waals surface area contributed by atoms with Crippen LogP contribution in [0.1, 0.15) is 103 Å². The molecular weight excluding hydrogens is 1750 g/mol. The molecule has 0 N–H and O–H groups in total. The molecule has 0 fully saturated rings. The van der Waals surface area contributed by atoms with Crippen molar-refractivity contribution in [1.82, 2.24) is 0 Å². The summed E-state index contributed by atoms with van der Waals surface area (Å²) in [5.74, 6) is 0. The Morgan fingerprint density at radius 2 is 0.363 bits per heavy atom. The third-order valence-electron chi connectivity index (χ3n) is 33.3. The Morgan fingerprint density at radius 3 is 0.726 bits per heavy atom. The Bertz CT molecular complexity index is 9720. The fourth-order valence-electron chi connectivity index (χ4n) is 25.5. The van der Waals surface area contributed by atoms with Gasteiger partial charge < -0.3 is 0 Å². The van der Waals surface area contributed by atoms with Crippen molar-refractivity contribution in [2.24, 2.45) is 0 Å². The molecule has 0 atom stereocenters. The van der Waals surface area contributed by atoms with Gasteiger partial charge >= 0.3 is 0 Å². The van der Waals surface area contributed by atoms with Crippen molar-refractivity contribution in [3.05, 3.63) is 528 Å². The van der Waals surface area contributed by atoms with Crippen LogP contribution >= 0.6 is 0 Å². The molecule has 3 aliphatic rings. The summed E-state index contributed by atoms with van der Waals surface area (Å²) < 4.78 is 0. The molecule has 28 rings (SSSR count). The number of fused-ring (bicyclic) bond motifs is 18. The third kappa shape index (κ3) is 14.4. The maximum atomic E-state index is 2.47. The molecule has 0 saturated heterocycles. The lowest BCUT2D eigenvalue weighted by Gasteiger charge is -2.22. The van der Waals surface area contributed by atoms with Gasteiger partial charge in [0.25, 0.3) is 0 Å². The molecule has 0 heteroatoms. The first kappa shape index (κ1) is 89.0. The minimum atomic E-state index is -0.0379. The first-order valence-electron chi connectivity index (χ1n) is 51.7. The molecule has 25 aromatic carbocycles. The molecule has 0 amide bonds. The molecule has 0 nitrogen and oxygen atoms in total. The van der Waals surface area contributed by atoms with Gasteiger partial charge in [-0.05, 0) is 380 Å². The molecule has 0 spiro atoms. The molecule has 146 heavy (non-hydrogen) atoms. The minimum absolute atomic E-state index is 0.0245. The van der Waals surface area contributed by atoms with Crippen LogP contribution < -0.4 is 0 Å². The Hall–Kier alpha value is -17.2. The SMILES string of the molecule is CC1(C)c2ccccc2-c2cc(-c3c4ccccc4c(-c4cccc(-c5ccccc5)c4)c4ccc(-c5cccc6ccccc56)cc34)ccc21.Cc1cc(-c2c3ccccc3c(-c3ccc4c(c3)-c3ccccc3C4(C)C)c3cc(-c4cccc5ccccc45)ccc23)cc(C)c1C.Cc1ccc(-c2c3ccccc3c(-c3ccc4c(c3)-c3ccccc3C4(C)C)c3cc(-c4cccc5ccccc45)ccc23)cc1C. The molecule has 694 valence electrons. The van der Waals surface area contributed by atoms with Crippen LogP contribution in [0, 0.1) is 34.6 Å². The van der Waals surface area contributed by atoms with Crippen molar-refractivity contribution in [1.29, 1.82) is 0 Å². The standard InChI is InChI=1S/C51H36.C48H38.C47H36/c1-51(2)47-25-11-10-21-41(47)45-32-38(27-29-48(45)51)50-43-23-9-8-22-42(43)49(37-19-12-18-35(30-37)33-14-4-3-5-15-33)44-28-26-36(31-46(44)50)40-24-13-17-34-16-6-7-20-39(34)40;1-29-25-35(26-30(2)31(29)3)47-40-18-9-8-17-39(40)46(34-22-24-45-42(28-34)38-16-10-11-20-44(38)48(45,4)5)43-27-33(21-23-41(43)47)37-19-12-14-32-13-6-7-15-36(32)37;1-29-20-21-33(26-30(29)2)45-38-16-7-8-17-39(38)46(34-23-25-44-41(28-34)37-15-9-10-19-43(37)47(44,3)4)42-27-32(22-24-40(42)45)36-18-11-13-31-12-5-6-14-35(31)36/h3-32H,1-2H3;6-28H,1-5H3;5-28H,1-4H3. The van der Waals surface area contributed by atoms with E-state index in [0.29, 0.717) is 0 Å². The largest absolute Gasteiger partial charge is 0.0622 e. The van der Waals surface area contributed by atoms with Crippen LogP contribution in [-0.4, -0.2) is 0 Å².